The van der Waals surface area contributed by atoms with Crippen LogP contribution in [0, 0.1) is 18.6 Å². The van der Waals surface area contributed by atoms with Crippen molar-refractivity contribution in [2.45, 2.75) is 19.2 Å². The monoisotopic (exact) mass is 302 g/mol. The highest BCUT2D eigenvalue weighted by atomic mass is 19.4. The first-order valence-electron chi connectivity index (χ1n) is 6.00. The zero-order valence-corrected chi connectivity index (χ0v) is 10.9. The van der Waals surface area contributed by atoms with E-state index in [9.17, 15) is 27.1 Å². The lowest BCUT2D eigenvalue weighted by molar-refractivity contribution is -0.140. The molecule has 1 N–H and O–H groups in total. The topological polar surface area (TPSA) is 20.2 Å². The van der Waals surface area contributed by atoms with E-state index in [0.29, 0.717) is 17.7 Å². The Morgan fingerprint density at radius 2 is 1.62 bits per heavy atom. The third-order valence-corrected chi connectivity index (χ3v) is 2.99. The number of benzene rings is 2. The number of hydrogen-bond acceptors (Lipinski definition) is 1. The number of halogens is 5. The van der Waals surface area contributed by atoms with Gasteiger partial charge >= 0.3 is 6.18 Å². The molecule has 0 fully saturated rings. The second kappa shape index (κ2) is 5.44. The first kappa shape index (κ1) is 15.4. The van der Waals surface area contributed by atoms with Crippen LogP contribution >= 0.6 is 0 Å². The van der Waals surface area contributed by atoms with E-state index in [1.807, 2.05) is 0 Å². The quantitative estimate of drug-likeness (QED) is 0.817. The summed E-state index contributed by atoms with van der Waals surface area (Å²) < 4.78 is 64.4. The fraction of sp³-hybridized carbons (Fsp3) is 0.200. The Kier molecular flexibility index (Phi) is 4.00. The molecule has 0 aliphatic heterocycles. The van der Waals surface area contributed by atoms with Crippen molar-refractivity contribution in [3.05, 3.63) is 70.3 Å². The van der Waals surface area contributed by atoms with Crippen LogP contribution in [-0.4, -0.2) is 5.11 Å². The molecule has 2 aromatic rings. The average Bonchev–Trinajstić information content (AvgIpc) is 2.36. The molecule has 0 radical (unpaired) electrons. The maximum atomic E-state index is 13.3. The molecule has 2 rings (SSSR count). The summed E-state index contributed by atoms with van der Waals surface area (Å²) >= 11 is 0. The molecular formula is C15H11F5O. The fourth-order valence-electron chi connectivity index (χ4n) is 2.05. The molecule has 0 aromatic heterocycles. The van der Waals surface area contributed by atoms with Gasteiger partial charge in [0.15, 0.2) is 0 Å². The third-order valence-electron chi connectivity index (χ3n) is 2.99. The largest absolute Gasteiger partial charge is 0.419 e. The van der Waals surface area contributed by atoms with E-state index in [1.165, 1.54) is 12.1 Å². The van der Waals surface area contributed by atoms with Crippen LogP contribution in [0.15, 0.2) is 36.4 Å². The molecule has 112 valence electrons. The second-order valence-corrected chi connectivity index (χ2v) is 4.70. The molecule has 0 heterocycles. The summed E-state index contributed by atoms with van der Waals surface area (Å²) in [6.45, 7) is 1.59. The lowest BCUT2D eigenvalue weighted by Gasteiger charge is -2.15. The first-order valence-corrected chi connectivity index (χ1v) is 6.00. The summed E-state index contributed by atoms with van der Waals surface area (Å²) in [5, 5.41) is 10.1. The molecule has 0 spiro atoms. The number of aryl methyl sites for hydroxylation is 1. The van der Waals surface area contributed by atoms with E-state index in [2.05, 4.69) is 0 Å². The van der Waals surface area contributed by atoms with Crippen molar-refractivity contribution in [3.8, 4) is 0 Å². The summed E-state index contributed by atoms with van der Waals surface area (Å²) in [6.07, 6.45) is -6.33. The van der Waals surface area contributed by atoms with Gasteiger partial charge in [-0.05, 0) is 47.9 Å². The second-order valence-electron chi connectivity index (χ2n) is 4.70. The third kappa shape index (κ3) is 3.39. The van der Waals surface area contributed by atoms with Crippen LogP contribution in [0.2, 0.25) is 0 Å². The van der Waals surface area contributed by atoms with Gasteiger partial charge in [-0.3, -0.25) is 0 Å². The SMILES string of the molecule is Cc1cc(F)cc(C(O)c2ccc(F)c(C(F)(F)F)c2)c1. The Morgan fingerprint density at radius 1 is 0.952 bits per heavy atom. The summed E-state index contributed by atoms with van der Waals surface area (Å²) in [5.41, 5.74) is -1.00. The van der Waals surface area contributed by atoms with Gasteiger partial charge in [0, 0.05) is 0 Å². The zero-order valence-electron chi connectivity index (χ0n) is 10.9. The predicted molar refractivity (Wildman–Crippen MR) is 66.6 cm³/mol. The standard InChI is InChI=1S/C15H11F5O/c1-8-4-10(6-11(16)5-8)14(21)9-2-3-13(17)12(7-9)15(18,19)20/h2-7,14,21H,1H3. The van der Waals surface area contributed by atoms with Crippen molar-refractivity contribution in [2.75, 3.05) is 0 Å². The van der Waals surface area contributed by atoms with Crippen molar-refractivity contribution in [1.29, 1.82) is 0 Å². The van der Waals surface area contributed by atoms with Gasteiger partial charge in [-0.2, -0.15) is 13.2 Å². The highest BCUT2D eigenvalue weighted by Gasteiger charge is 2.34. The molecule has 0 aliphatic carbocycles. The van der Waals surface area contributed by atoms with Crippen LogP contribution in [0.5, 0.6) is 0 Å². The van der Waals surface area contributed by atoms with E-state index in [4.69, 9.17) is 0 Å². The van der Waals surface area contributed by atoms with Gasteiger partial charge in [-0.25, -0.2) is 8.78 Å². The average molecular weight is 302 g/mol. The summed E-state index contributed by atoms with van der Waals surface area (Å²) in [7, 11) is 0. The lowest BCUT2D eigenvalue weighted by atomic mass is 9.98. The minimum atomic E-state index is -4.86. The minimum absolute atomic E-state index is 0.104. The summed E-state index contributed by atoms with van der Waals surface area (Å²) in [6, 6.07) is 5.89. The molecule has 0 saturated carbocycles. The number of hydrogen-bond donors (Lipinski definition) is 1. The van der Waals surface area contributed by atoms with Crippen molar-refractivity contribution in [3.63, 3.8) is 0 Å². The molecule has 21 heavy (non-hydrogen) atoms. The van der Waals surface area contributed by atoms with Crippen molar-refractivity contribution >= 4 is 0 Å². The molecule has 1 unspecified atom stereocenters. The number of aliphatic hydroxyl groups is 1. The van der Waals surface area contributed by atoms with Crippen molar-refractivity contribution in [2.24, 2.45) is 0 Å². The van der Waals surface area contributed by atoms with Gasteiger partial charge in [0.25, 0.3) is 0 Å². The Balaban J connectivity index is 2.46. The number of alkyl halides is 3. The smallest absolute Gasteiger partial charge is 0.384 e. The van der Waals surface area contributed by atoms with E-state index in [0.717, 1.165) is 12.1 Å². The molecule has 1 nitrogen and oxygen atoms in total. The number of aliphatic hydroxyl groups excluding tert-OH is 1. The van der Waals surface area contributed by atoms with Gasteiger partial charge in [0.2, 0.25) is 0 Å². The Labute approximate surface area is 117 Å². The Bertz CT molecular complexity index is 643. The van der Waals surface area contributed by atoms with Crippen molar-refractivity contribution in [1.82, 2.24) is 0 Å². The van der Waals surface area contributed by atoms with E-state index in [1.54, 1.807) is 6.92 Å². The molecule has 1 atom stereocenters. The highest BCUT2D eigenvalue weighted by molar-refractivity contribution is 5.36. The van der Waals surface area contributed by atoms with Crippen LogP contribution in [0.25, 0.3) is 0 Å². The summed E-state index contributed by atoms with van der Waals surface area (Å²) in [4.78, 5) is 0. The normalized spacial score (nSPS) is 13.3. The molecule has 0 aliphatic rings. The van der Waals surface area contributed by atoms with Crippen LogP contribution in [0.3, 0.4) is 0 Å². The molecular weight excluding hydrogens is 291 g/mol. The van der Waals surface area contributed by atoms with E-state index in [-0.39, 0.29) is 11.1 Å². The van der Waals surface area contributed by atoms with Crippen LogP contribution in [0.4, 0.5) is 22.0 Å². The first-order chi connectivity index (χ1) is 9.68. The van der Waals surface area contributed by atoms with Gasteiger partial charge < -0.3 is 5.11 Å². The van der Waals surface area contributed by atoms with Crippen LogP contribution < -0.4 is 0 Å². The maximum absolute atomic E-state index is 13.3. The Morgan fingerprint density at radius 3 is 2.19 bits per heavy atom. The molecule has 0 bridgehead atoms. The molecule has 0 saturated heterocycles. The lowest BCUT2D eigenvalue weighted by Crippen LogP contribution is -2.10. The minimum Gasteiger partial charge on any atom is -0.384 e. The van der Waals surface area contributed by atoms with Gasteiger partial charge in [0.1, 0.15) is 17.7 Å². The molecule has 2 aromatic carbocycles. The summed E-state index contributed by atoms with van der Waals surface area (Å²) in [5.74, 6) is -2.03. The maximum Gasteiger partial charge on any atom is 0.419 e. The van der Waals surface area contributed by atoms with Crippen LogP contribution in [-0.2, 0) is 6.18 Å². The molecule has 6 heteroatoms. The van der Waals surface area contributed by atoms with E-state index < -0.39 is 29.5 Å². The van der Waals surface area contributed by atoms with Crippen molar-refractivity contribution < 1.29 is 27.1 Å². The highest BCUT2D eigenvalue weighted by Crippen LogP contribution is 2.34. The predicted octanol–water partition coefficient (Wildman–Crippen LogP) is 4.37. The van der Waals surface area contributed by atoms with E-state index >= 15 is 0 Å². The van der Waals surface area contributed by atoms with Gasteiger partial charge in [-0.15, -0.1) is 0 Å². The van der Waals surface area contributed by atoms with Crippen LogP contribution in [0.1, 0.15) is 28.4 Å². The van der Waals surface area contributed by atoms with Gasteiger partial charge in [-0.1, -0.05) is 12.1 Å². The fourth-order valence-corrected chi connectivity index (χ4v) is 2.05. The zero-order chi connectivity index (χ0) is 15.8. The number of rotatable bonds is 2. The molecule has 0 amide bonds. The van der Waals surface area contributed by atoms with Gasteiger partial charge in [0.05, 0.1) is 5.56 Å². The Hall–Kier alpha value is -1.95.